The van der Waals surface area contributed by atoms with E-state index in [-0.39, 0.29) is 6.16 Å². The zero-order valence-corrected chi connectivity index (χ0v) is 32.3. The van der Waals surface area contributed by atoms with E-state index in [9.17, 15) is 4.57 Å². The average Bonchev–Trinajstić information content (AvgIpc) is 3.02. The molecular formula is C40H82FN2OP. The van der Waals surface area contributed by atoms with Crippen LogP contribution in [0, 0.1) is 0 Å². The summed E-state index contributed by atoms with van der Waals surface area (Å²) in [6, 6.07) is 0. The number of hydrogen-bond acceptors (Lipinski definition) is 1. The second kappa shape index (κ2) is 35.0. The van der Waals surface area contributed by atoms with Crippen LogP contribution in [0.2, 0.25) is 0 Å². The Balaban J connectivity index is 5.21. The predicted molar refractivity (Wildman–Crippen MR) is 203 cm³/mol. The summed E-state index contributed by atoms with van der Waals surface area (Å²) in [5.74, 6) is 0.833. The molecule has 5 heteroatoms. The Hall–Kier alpha value is -0.370. The fraction of sp³-hybridized carbons (Fsp3) is 0.975. The molecular weight excluding hydrogens is 574 g/mol. The summed E-state index contributed by atoms with van der Waals surface area (Å²) in [5, 5.41) is 0. The molecule has 0 bridgehead atoms. The van der Waals surface area contributed by atoms with Crippen molar-refractivity contribution < 1.29 is 8.76 Å². The van der Waals surface area contributed by atoms with Crippen molar-refractivity contribution in [3.63, 3.8) is 0 Å². The molecule has 0 radical (unpaired) electrons. The lowest BCUT2D eigenvalue weighted by Gasteiger charge is -2.27. The first-order valence-corrected chi connectivity index (χ1v) is 22.4. The van der Waals surface area contributed by atoms with Crippen LogP contribution >= 0.6 is 7.60 Å². The maximum Gasteiger partial charge on any atom is 0.353 e. The Kier molecular flexibility index (Phi) is 34.7. The zero-order chi connectivity index (χ0) is 33.1. The third kappa shape index (κ3) is 32.0. The lowest BCUT2D eigenvalue weighted by molar-refractivity contribution is 0.375. The monoisotopic (exact) mass is 657 g/mol. The lowest BCUT2D eigenvalue weighted by Crippen LogP contribution is -2.33. The second-order valence-electron chi connectivity index (χ2n) is 14.1. The Bertz CT molecular complexity index is 651. The molecule has 0 N–H and O–H groups in total. The van der Waals surface area contributed by atoms with Crippen LogP contribution in [0.25, 0.3) is 0 Å². The largest absolute Gasteiger partial charge is 0.360 e. The molecule has 0 spiro atoms. The van der Waals surface area contributed by atoms with Crippen molar-refractivity contribution in [3.8, 4) is 0 Å². The van der Waals surface area contributed by atoms with E-state index in [1.54, 1.807) is 0 Å². The van der Waals surface area contributed by atoms with Gasteiger partial charge in [-0.25, -0.2) is 0 Å². The predicted octanol–water partition coefficient (Wildman–Crippen LogP) is 15.4. The van der Waals surface area contributed by atoms with E-state index in [1.165, 1.54) is 161 Å². The third-order valence-corrected chi connectivity index (χ3v) is 10.9. The molecule has 0 aliphatic carbocycles. The first-order chi connectivity index (χ1) is 22.0. The fourth-order valence-electron chi connectivity index (χ4n) is 6.42. The van der Waals surface area contributed by atoms with Crippen LogP contribution in [0.1, 0.15) is 233 Å². The minimum Gasteiger partial charge on any atom is -0.360 e. The Morgan fingerprint density at radius 3 is 1.09 bits per heavy atom. The van der Waals surface area contributed by atoms with Gasteiger partial charge in [-0.1, -0.05) is 201 Å². The Morgan fingerprint density at radius 2 is 0.733 bits per heavy atom. The first-order valence-electron chi connectivity index (χ1n) is 20.6. The Morgan fingerprint density at radius 1 is 0.444 bits per heavy atom. The second-order valence-corrected chi connectivity index (χ2v) is 16.0. The molecule has 0 aliphatic heterocycles. The smallest absolute Gasteiger partial charge is 0.353 e. The molecule has 1 unspecified atom stereocenters. The summed E-state index contributed by atoms with van der Waals surface area (Å²) in [7, 11) is -4.01. The van der Waals surface area contributed by atoms with Crippen molar-refractivity contribution in [3.05, 3.63) is 0 Å². The minimum atomic E-state index is -4.01. The number of hydrogen-bond donors (Lipinski definition) is 0. The molecule has 270 valence electrons. The molecule has 0 heterocycles. The van der Waals surface area contributed by atoms with Crippen molar-refractivity contribution >= 4 is 13.4 Å². The van der Waals surface area contributed by atoms with Gasteiger partial charge in [0.2, 0.25) is 0 Å². The van der Waals surface area contributed by atoms with Gasteiger partial charge in [0.25, 0.3) is 0 Å². The van der Waals surface area contributed by atoms with E-state index in [0.29, 0.717) is 6.42 Å². The molecule has 0 aromatic carbocycles. The lowest BCUT2D eigenvalue weighted by atomic mass is 10.1. The zero-order valence-electron chi connectivity index (χ0n) is 31.4. The molecule has 0 rings (SSSR count). The van der Waals surface area contributed by atoms with Crippen molar-refractivity contribution in [2.75, 3.05) is 19.3 Å². The van der Waals surface area contributed by atoms with Crippen LogP contribution in [0.5, 0.6) is 0 Å². The number of amidine groups is 1. The van der Waals surface area contributed by atoms with Crippen LogP contribution in [-0.2, 0) is 4.57 Å². The highest BCUT2D eigenvalue weighted by molar-refractivity contribution is 7.57. The van der Waals surface area contributed by atoms with Crippen LogP contribution in [0.3, 0.4) is 0 Å². The van der Waals surface area contributed by atoms with E-state index in [1.807, 2.05) is 0 Å². The number of halogens is 1. The van der Waals surface area contributed by atoms with Gasteiger partial charge in [-0.3, -0.25) is 4.57 Å². The number of rotatable bonds is 36. The number of unbranched alkanes of at least 4 members (excludes halogenated alkanes) is 27. The van der Waals surface area contributed by atoms with Crippen molar-refractivity contribution in [2.45, 2.75) is 233 Å². The minimum absolute atomic E-state index is 0.131. The van der Waals surface area contributed by atoms with Crippen LogP contribution < -0.4 is 0 Å². The van der Waals surface area contributed by atoms with Gasteiger partial charge in [-0.15, -0.1) is 0 Å². The topological polar surface area (TPSA) is 32.7 Å². The van der Waals surface area contributed by atoms with Gasteiger partial charge in [-0.05, 0) is 25.7 Å². The van der Waals surface area contributed by atoms with E-state index in [0.717, 1.165) is 57.5 Å². The van der Waals surface area contributed by atoms with Gasteiger partial charge in [0.15, 0.2) is 0 Å². The summed E-state index contributed by atoms with van der Waals surface area (Å²) in [5.41, 5.74) is 0. The molecule has 1 atom stereocenters. The quantitative estimate of drug-likeness (QED) is 0.0291. The first kappa shape index (κ1) is 44.6. The van der Waals surface area contributed by atoms with Crippen LogP contribution in [0.4, 0.5) is 4.20 Å². The van der Waals surface area contributed by atoms with Gasteiger partial charge in [0, 0.05) is 25.7 Å². The molecule has 3 nitrogen and oxygen atoms in total. The van der Waals surface area contributed by atoms with Gasteiger partial charge in [-0.2, -0.15) is 8.96 Å². The van der Waals surface area contributed by atoms with Gasteiger partial charge >= 0.3 is 7.60 Å². The highest BCUT2D eigenvalue weighted by Crippen LogP contribution is 2.50. The summed E-state index contributed by atoms with van der Waals surface area (Å²) < 4.78 is 33.4. The maximum absolute atomic E-state index is 15.6. The van der Waals surface area contributed by atoms with Gasteiger partial charge in [0.1, 0.15) is 5.84 Å². The molecule has 0 amide bonds. The van der Waals surface area contributed by atoms with Gasteiger partial charge in [0.05, 0.1) is 0 Å². The molecule has 0 aliphatic rings. The Labute approximate surface area is 283 Å². The fourth-order valence-corrected chi connectivity index (χ4v) is 7.70. The van der Waals surface area contributed by atoms with Crippen LogP contribution in [0.15, 0.2) is 4.76 Å². The highest BCUT2D eigenvalue weighted by Gasteiger charge is 2.22. The molecule has 0 aromatic rings. The maximum atomic E-state index is 15.6. The molecule has 0 fully saturated rings. The SMILES string of the molecule is CCCCCCCCCCN(CCCCCCCCCC)C(CCCCCCCCC)=NP(=O)(F)CCCCCCCCCC. The van der Waals surface area contributed by atoms with Gasteiger partial charge < -0.3 is 4.90 Å². The van der Waals surface area contributed by atoms with Crippen molar-refractivity contribution in [1.82, 2.24) is 4.90 Å². The van der Waals surface area contributed by atoms with Crippen LogP contribution in [-0.4, -0.2) is 30.0 Å². The van der Waals surface area contributed by atoms with E-state index >= 15 is 4.20 Å². The average molecular weight is 657 g/mol. The molecule has 45 heavy (non-hydrogen) atoms. The van der Waals surface area contributed by atoms with E-state index in [4.69, 9.17) is 0 Å². The summed E-state index contributed by atoms with van der Waals surface area (Å²) in [4.78, 5) is 2.38. The normalized spacial score (nSPS) is 13.4. The van der Waals surface area contributed by atoms with Crippen molar-refractivity contribution in [1.29, 1.82) is 0 Å². The van der Waals surface area contributed by atoms with E-state index < -0.39 is 7.60 Å². The highest BCUT2D eigenvalue weighted by atomic mass is 31.2. The summed E-state index contributed by atoms with van der Waals surface area (Å²) in [6.45, 7) is 10.9. The third-order valence-electron chi connectivity index (χ3n) is 9.48. The molecule has 0 saturated carbocycles. The number of nitrogens with zero attached hydrogens (tertiary/aromatic N) is 2. The van der Waals surface area contributed by atoms with E-state index in [2.05, 4.69) is 37.4 Å². The molecule has 0 aromatic heterocycles. The standard InChI is InChI=1S/C40H82FN2OP/c1-5-9-13-17-21-25-29-33-37-43(38-34-30-26-22-18-14-10-6-2)40(36-32-28-24-20-16-12-8-4)42-45(41,44)39-35-31-27-23-19-15-11-7-3/h5-39H2,1-4H3. The summed E-state index contributed by atoms with van der Waals surface area (Å²) in [6.07, 6.45) is 39.4. The molecule has 0 saturated heterocycles. The summed E-state index contributed by atoms with van der Waals surface area (Å²) >= 11 is 0. The van der Waals surface area contributed by atoms with Crippen molar-refractivity contribution in [2.24, 2.45) is 4.76 Å².